The first-order valence-corrected chi connectivity index (χ1v) is 8.22. The highest BCUT2D eigenvalue weighted by atomic mass is 15.4. The molecule has 0 fully saturated rings. The molecule has 0 aromatic carbocycles. The van der Waals surface area contributed by atoms with Crippen LogP contribution in [-0.4, -0.2) is 29.7 Å². The molecule has 0 N–H and O–H groups in total. The van der Waals surface area contributed by atoms with Crippen LogP contribution in [0.5, 0.6) is 0 Å². The van der Waals surface area contributed by atoms with E-state index in [-0.39, 0.29) is 6.04 Å². The van der Waals surface area contributed by atoms with Gasteiger partial charge in [-0.15, -0.1) is 10.2 Å². The van der Waals surface area contributed by atoms with Crippen LogP contribution in [-0.2, 0) is 0 Å². The molecule has 25 heavy (non-hydrogen) atoms. The summed E-state index contributed by atoms with van der Waals surface area (Å²) in [7, 11) is 0. The molecule has 0 radical (unpaired) electrons. The van der Waals surface area contributed by atoms with Crippen LogP contribution in [0.15, 0.2) is 61.0 Å². The van der Waals surface area contributed by atoms with Gasteiger partial charge in [0.25, 0.3) is 0 Å². The minimum Gasteiger partial charge on any atom is -0.314 e. The summed E-state index contributed by atoms with van der Waals surface area (Å²) in [6.45, 7) is 2.15. The maximum Gasteiger partial charge on any atom is 0.162 e. The first-order valence-electron chi connectivity index (χ1n) is 8.22. The number of fused-ring (bicyclic) bond motifs is 3. The number of nitrogens with zero attached hydrogens (tertiary/aromatic N) is 7. The number of rotatable bonds is 3. The predicted octanol–water partition coefficient (Wildman–Crippen LogP) is 2.84. The second kappa shape index (κ2) is 5.34. The average molecular weight is 329 g/mol. The van der Waals surface area contributed by atoms with Crippen LogP contribution in [0.2, 0.25) is 0 Å². The maximum absolute atomic E-state index is 4.88. The molecule has 0 saturated heterocycles. The van der Waals surface area contributed by atoms with Crippen LogP contribution in [0.3, 0.4) is 0 Å². The zero-order chi connectivity index (χ0) is 16.8. The molecule has 2 aliphatic rings. The summed E-state index contributed by atoms with van der Waals surface area (Å²) >= 11 is 0. The highest BCUT2D eigenvalue weighted by molar-refractivity contribution is 5.70. The summed E-state index contributed by atoms with van der Waals surface area (Å²) in [6.07, 6.45) is 14.2. The molecule has 1 unspecified atom stereocenters. The molecule has 7 nitrogen and oxygen atoms in total. The number of anilines is 1. The molecule has 3 aromatic heterocycles. The Bertz CT molecular complexity index is 1000. The minimum absolute atomic E-state index is 0.0893. The van der Waals surface area contributed by atoms with Crippen molar-refractivity contribution in [1.29, 1.82) is 0 Å². The molecular weight excluding hydrogens is 314 g/mol. The van der Waals surface area contributed by atoms with Gasteiger partial charge in [0, 0.05) is 23.7 Å². The quantitative estimate of drug-likeness (QED) is 0.736. The summed E-state index contributed by atoms with van der Waals surface area (Å²) in [6, 6.07) is 3.92. The topological polar surface area (TPSA) is 72.6 Å². The molecule has 7 heteroatoms. The van der Waals surface area contributed by atoms with E-state index >= 15 is 0 Å². The number of pyridine rings is 1. The number of allylic oxidation sites excluding steroid dienone is 3. The van der Waals surface area contributed by atoms with E-state index < -0.39 is 0 Å². The summed E-state index contributed by atoms with van der Waals surface area (Å²) < 4.78 is 1.99. The van der Waals surface area contributed by atoms with Gasteiger partial charge in [0.15, 0.2) is 17.5 Å². The van der Waals surface area contributed by atoms with Crippen molar-refractivity contribution in [3.8, 4) is 17.1 Å². The van der Waals surface area contributed by atoms with Crippen molar-refractivity contribution in [3.63, 3.8) is 0 Å². The second-order valence-electron chi connectivity index (χ2n) is 5.94. The van der Waals surface area contributed by atoms with E-state index in [1.807, 2.05) is 29.0 Å². The largest absolute Gasteiger partial charge is 0.314 e. The number of hydrogen-bond acceptors (Lipinski definition) is 6. The second-order valence-corrected chi connectivity index (χ2v) is 5.94. The lowest BCUT2D eigenvalue weighted by Crippen LogP contribution is -2.35. The van der Waals surface area contributed by atoms with Crippen LogP contribution >= 0.6 is 0 Å². The molecule has 0 spiro atoms. The average Bonchev–Trinajstić information content (AvgIpc) is 3.10. The molecule has 3 aromatic rings. The van der Waals surface area contributed by atoms with Gasteiger partial charge in [-0.2, -0.15) is 0 Å². The van der Waals surface area contributed by atoms with E-state index in [0.717, 1.165) is 35.0 Å². The van der Waals surface area contributed by atoms with Gasteiger partial charge in [0.1, 0.15) is 12.0 Å². The van der Waals surface area contributed by atoms with Gasteiger partial charge in [-0.25, -0.2) is 9.97 Å². The number of hydrogen-bond donors (Lipinski definition) is 0. The Morgan fingerprint density at radius 1 is 1.20 bits per heavy atom. The van der Waals surface area contributed by atoms with E-state index in [4.69, 9.17) is 4.98 Å². The molecule has 1 aliphatic heterocycles. The highest BCUT2D eigenvalue weighted by Gasteiger charge is 2.35. The van der Waals surface area contributed by atoms with Gasteiger partial charge >= 0.3 is 0 Å². The lowest BCUT2D eigenvalue weighted by Gasteiger charge is -2.38. The van der Waals surface area contributed by atoms with E-state index in [1.165, 1.54) is 0 Å². The molecular formula is C18H15N7. The Morgan fingerprint density at radius 2 is 2.04 bits per heavy atom. The third-order valence-corrected chi connectivity index (χ3v) is 4.56. The van der Waals surface area contributed by atoms with Crippen molar-refractivity contribution in [1.82, 2.24) is 29.7 Å². The number of aromatic nitrogens is 6. The van der Waals surface area contributed by atoms with E-state index in [1.54, 1.807) is 18.7 Å². The van der Waals surface area contributed by atoms with Crippen molar-refractivity contribution >= 4 is 5.82 Å². The predicted molar refractivity (Wildman–Crippen MR) is 92.9 cm³/mol. The Labute approximate surface area is 144 Å². The summed E-state index contributed by atoms with van der Waals surface area (Å²) in [5.41, 5.74) is 2.96. The van der Waals surface area contributed by atoms with Crippen molar-refractivity contribution < 1.29 is 0 Å². The standard InChI is InChI=1S/C18H15N7/c1-2-14-18-23-21-11-24(18)15-10-20-16(12-6-8-19-9-7-12)22-17(15)25(14)13-4-3-5-13/h3-11,14H,2H2,1H3. The molecule has 0 amide bonds. The first-order chi connectivity index (χ1) is 12.4. The fraction of sp³-hybridized carbons (Fsp3) is 0.167. The first kappa shape index (κ1) is 14.0. The van der Waals surface area contributed by atoms with Crippen LogP contribution in [0.4, 0.5) is 5.82 Å². The van der Waals surface area contributed by atoms with Gasteiger partial charge in [0.2, 0.25) is 0 Å². The molecule has 0 saturated carbocycles. The fourth-order valence-electron chi connectivity index (χ4n) is 3.28. The van der Waals surface area contributed by atoms with Gasteiger partial charge in [0.05, 0.1) is 12.2 Å². The highest BCUT2D eigenvalue weighted by Crippen LogP contribution is 2.42. The molecule has 0 bridgehead atoms. The van der Waals surface area contributed by atoms with E-state index in [9.17, 15) is 0 Å². The van der Waals surface area contributed by atoms with Gasteiger partial charge < -0.3 is 4.90 Å². The lowest BCUT2D eigenvalue weighted by atomic mass is 10.0. The van der Waals surface area contributed by atoms with Crippen LogP contribution in [0.1, 0.15) is 25.2 Å². The van der Waals surface area contributed by atoms with Crippen LogP contribution < -0.4 is 4.90 Å². The third-order valence-electron chi connectivity index (χ3n) is 4.56. The smallest absolute Gasteiger partial charge is 0.162 e. The molecule has 1 aliphatic carbocycles. The van der Waals surface area contributed by atoms with Crippen molar-refractivity contribution in [2.75, 3.05) is 4.90 Å². The normalized spacial score (nSPS) is 17.6. The summed E-state index contributed by atoms with van der Waals surface area (Å²) in [5.74, 6) is 2.47. The monoisotopic (exact) mass is 329 g/mol. The zero-order valence-electron chi connectivity index (χ0n) is 13.6. The summed E-state index contributed by atoms with van der Waals surface area (Å²) in [4.78, 5) is 15.7. The van der Waals surface area contributed by atoms with E-state index in [2.05, 4.69) is 44.1 Å². The Balaban J connectivity index is 1.73. The Kier molecular flexibility index (Phi) is 3.00. The minimum atomic E-state index is 0.0893. The maximum atomic E-state index is 4.88. The van der Waals surface area contributed by atoms with Crippen LogP contribution in [0.25, 0.3) is 17.1 Å². The molecule has 4 heterocycles. The lowest BCUT2D eigenvalue weighted by molar-refractivity contribution is 0.576. The SMILES string of the molecule is CCC1c2nncn2-c2cnc(-c3ccncc3)nc2N1C1=CC=C1. The third kappa shape index (κ3) is 2.02. The molecule has 5 rings (SSSR count). The van der Waals surface area contributed by atoms with Crippen molar-refractivity contribution in [3.05, 3.63) is 66.8 Å². The van der Waals surface area contributed by atoms with Gasteiger partial charge in [-0.3, -0.25) is 9.55 Å². The van der Waals surface area contributed by atoms with Crippen molar-refractivity contribution in [2.45, 2.75) is 19.4 Å². The van der Waals surface area contributed by atoms with Crippen molar-refractivity contribution in [2.24, 2.45) is 0 Å². The fourth-order valence-corrected chi connectivity index (χ4v) is 3.28. The summed E-state index contributed by atoms with van der Waals surface area (Å²) in [5, 5.41) is 8.44. The van der Waals surface area contributed by atoms with Gasteiger partial charge in [-0.05, 0) is 30.7 Å². The molecule has 1 atom stereocenters. The molecule has 122 valence electrons. The Hall–Kier alpha value is -3.35. The Morgan fingerprint density at radius 3 is 2.76 bits per heavy atom. The zero-order valence-corrected chi connectivity index (χ0v) is 13.6. The van der Waals surface area contributed by atoms with Gasteiger partial charge in [-0.1, -0.05) is 13.0 Å². The van der Waals surface area contributed by atoms with Crippen LogP contribution in [0, 0.1) is 0 Å². The van der Waals surface area contributed by atoms with E-state index in [0.29, 0.717) is 5.82 Å².